The largest absolute Gasteiger partial charge is 0.493 e. The van der Waals surface area contributed by atoms with Gasteiger partial charge >= 0.3 is 6.03 Å². The minimum absolute atomic E-state index is 0.0380. The van der Waals surface area contributed by atoms with Crippen LogP contribution in [0.2, 0.25) is 10.0 Å². The molecule has 0 aliphatic carbocycles. The lowest BCUT2D eigenvalue weighted by Crippen LogP contribution is -2.54. The molecule has 3 aromatic carbocycles. The fraction of sp³-hybridized carbons (Fsp3) is 0.394. The monoisotopic (exact) mass is 735 g/mol. The number of hydrogen-bond donors (Lipinski definition) is 1. The highest BCUT2D eigenvalue weighted by atomic mass is 35.5. The van der Waals surface area contributed by atoms with Gasteiger partial charge in [0.1, 0.15) is 27.5 Å². The summed E-state index contributed by atoms with van der Waals surface area (Å²) in [5.74, 6) is 0.686. The van der Waals surface area contributed by atoms with Crippen LogP contribution >= 0.6 is 23.2 Å². The van der Waals surface area contributed by atoms with Crippen molar-refractivity contribution in [2.24, 2.45) is 4.99 Å². The Bertz CT molecular complexity index is 1900. The summed E-state index contributed by atoms with van der Waals surface area (Å²) in [6.07, 6.45) is 1.21. The fourth-order valence-electron chi connectivity index (χ4n) is 5.98. The van der Waals surface area contributed by atoms with E-state index in [1.54, 1.807) is 47.1 Å². The SMILES string of the molecule is CCOc1cc(C)c(S(=O)(=O)NC)cc1C1=N[C@@H](c2ccc(Cl)cc2)[C@@H](c2ccc(Cl)cc2)N1C(=O)N1CCN(CCS(C)(=O)=O)CC1. The number of ether oxygens (including phenoxy) is 1. The second-order valence-electron chi connectivity index (χ2n) is 11.8. The summed E-state index contributed by atoms with van der Waals surface area (Å²) in [5, 5.41) is 1.08. The van der Waals surface area contributed by atoms with Crippen molar-refractivity contribution < 1.29 is 26.4 Å². The van der Waals surface area contributed by atoms with Crippen molar-refractivity contribution in [2.75, 3.05) is 58.4 Å². The van der Waals surface area contributed by atoms with Crippen LogP contribution in [0.3, 0.4) is 0 Å². The molecule has 0 radical (unpaired) electrons. The molecular weight excluding hydrogens is 697 g/mol. The predicted molar refractivity (Wildman–Crippen MR) is 188 cm³/mol. The first-order valence-corrected chi connectivity index (χ1v) is 19.8. The average molecular weight is 737 g/mol. The quantitative estimate of drug-likeness (QED) is 0.313. The lowest BCUT2D eigenvalue weighted by atomic mass is 9.93. The second kappa shape index (κ2) is 14.7. The number of nitrogens with zero attached hydrogens (tertiary/aromatic N) is 4. The molecule has 1 saturated heterocycles. The van der Waals surface area contributed by atoms with Crippen LogP contribution < -0.4 is 9.46 Å². The zero-order chi connectivity index (χ0) is 34.8. The van der Waals surface area contributed by atoms with Gasteiger partial charge in [0.05, 0.1) is 28.9 Å². The van der Waals surface area contributed by atoms with E-state index in [2.05, 4.69) is 4.72 Å². The van der Waals surface area contributed by atoms with Crippen molar-refractivity contribution in [3.63, 3.8) is 0 Å². The average Bonchev–Trinajstić information content (AvgIpc) is 3.44. The van der Waals surface area contributed by atoms with E-state index in [9.17, 15) is 21.6 Å². The number of amides is 2. The molecule has 0 unspecified atom stereocenters. The fourth-order valence-corrected chi connectivity index (χ4v) is 7.79. The van der Waals surface area contributed by atoms with E-state index in [1.165, 1.54) is 19.4 Å². The molecule has 2 aliphatic rings. The Morgan fingerprint density at radius 1 is 0.938 bits per heavy atom. The van der Waals surface area contributed by atoms with Crippen LogP contribution in [0.4, 0.5) is 4.79 Å². The van der Waals surface area contributed by atoms with Gasteiger partial charge in [0.2, 0.25) is 10.0 Å². The predicted octanol–water partition coefficient (Wildman–Crippen LogP) is 4.94. The molecule has 15 heteroatoms. The van der Waals surface area contributed by atoms with Gasteiger partial charge in [-0.05, 0) is 74.0 Å². The topological polar surface area (TPSA) is 129 Å². The van der Waals surface area contributed by atoms with E-state index >= 15 is 0 Å². The van der Waals surface area contributed by atoms with Crippen molar-refractivity contribution in [1.29, 1.82) is 0 Å². The molecule has 1 fully saturated rings. The third-order valence-corrected chi connectivity index (χ3v) is 11.5. The van der Waals surface area contributed by atoms with Gasteiger partial charge < -0.3 is 9.64 Å². The molecule has 48 heavy (non-hydrogen) atoms. The zero-order valence-corrected chi connectivity index (χ0v) is 30.3. The maximum atomic E-state index is 14.8. The highest BCUT2D eigenvalue weighted by Crippen LogP contribution is 2.46. The summed E-state index contributed by atoms with van der Waals surface area (Å²) in [4.78, 5) is 25.4. The number of aryl methyl sites for hydroxylation is 1. The molecule has 2 aliphatic heterocycles. The highest BCUT2D eigenvalue weighted by molar-refractivity contribution is 7.90. The standard InChI is InChI=1S/C33H39Cl2N5O6S2/c1-5-46-28-20-22(2)29(48(44,45)36-3)21-27(28)32-37-30(23-6-10-25(34)11-7-23)31(24-8-12-26(35)13-9-24)40(32)33(41)39-16-14-38(15-17-39)18-19-47(4,42)43/h6-13,20-21,30-31,36H,5,14-19H2,1-4H3/t30-,31+/m0/s1. The van der Waals surface area contributed by atoms with E-state index < -0.39 is 31.9 Å². The minimum Gasteiger partial charge on any atom is -0.493 e. The summed E-state index contributed by atoms with van der Waals surface area (Å²) < 4.78 is 58.3. The van der Waals surface area contributed by atoms with Gasteiger partial charge in [0.15, 0.2) is 0 Å². The number of rotatable bonds is 10. The Hall–Kier alpha value is -3.20. The summed E-state index contributed by atoms with van der Waals surface area (Å²) in [6.45, 7) is 5.89. The molecule has 0 saturated carbocycles. The molecule has 1 N–H and O–H groups in total. The van der Waals surface area contributed by atoms with Crippen LogP contribution in [-0.4, -0.2) is 102 Å². The number of carbonyl (C=O) groups excluding carboxylic acids is 1. The number of benzene rings is 3. The van der Waals surface area contributed by atoms with E-state index in [1.807, 2.05) is 36.1 Å². The third-order valence-electron chi connectivity index (χ3n) is 8.49. The number of urea groups is 1. The molecular formula is C33H39Cl2N5O6S2. The van der Waals surface area contributed by atoms with Gasteiger partial charge in [-0.25, -0.2) is 26.4 Å². The number of carbonyl (C=O) groups is 1. The van der Waals surface area contributed by atoms with Crippen molar-refractivity contribution in [1.82, 2.24) is 19.4 Å². The molecule has 5 rings (SSSR count). The van der Waals surface area contributed by atoms with Gasteiger partial charge in [-0.3, -0.25) is 14.8 Å². The molecule has 0 bridgehead atoms. The normalized spacial score (nSPS) is 19.0. The number of sulfone groups is 1. The summed E-state index contributed by atoms with van der Waals surface area (Å²) in [6, 6.07) is 16.1. The van der Waals surface area contributed by atoms with Crippen molar-refractivity contribution in [3.8, 4) is 5.75 Å². The van der Waals surface area contributed by atoms with Crippen LogP contribution in [0, 0.1) is 6.92 Å². The van der Waals surface area contributed by atoms with Gasteiger partial charge in [-0.15, -0.1) is 0 Å². The first-order chi connectivity index (χ1) is 22.7. The Morgan fingerprint density at radius 3 is 2.06 bits per heavy atom. The first kappa shape index (κ1) is 36.1. The number of halogens is 2. The van der Waals surface area contributed by atoms with E-state index in [-0.39, 0.29) is 22.5 Å². The van der Waals surface area contributed by atoms with Crippen molar-refractivity contribution >= 4 is 54.9 Å². The molecule has 3 aromatic rings. The van der Waals surface area contributed by atoms with Crippen LogP contribution in [0.15, 0.2) is 70.6 Å². The summed E-state index contributed by atoms with van der Waals surface area (Å²) in [5.41, 5.74) is 2.39. The third kappa shape index (κ3) is 7.98. The van der Waals surface area contributed by atoms with Crippen molar-refractivity contribution in [3.05, 3.63) is 93.0 Å². The van der Waals surface area contributed by atoms with E-state index in [4.69, 9.17) is 32.9 Å². The Kier molecular flexibility index (Phi) is 11.1. The smallest absolute Gasteiger partial charge is 0.326 e. The molecule has 2 heterocycles. The molecule has 258 valence electrons. The highest BCUT2D eigenvalue weighted by Gasteiger charge is 2.45. The van der Waals surface area contributed by atoms with Gasteiger partial charge in [0.25, 0.3) is 0 Å². The number of amidine groups is 1. The first-order valence-electron chi connectivity index (χ1n) is 15.5. The maximum Gasteiger partial charge on any atom is 0.326 e. The van der Waals surface area contributed by atoms with Crippen LogP contribution in [0.25, 0.3) is 0 Å². The Balaban J connectivity index is 1.66. The molecule has 2 amide bonds. The number of sulfonamides is 1. The van der Waals surface area contributed by atoms with Crippen molar-refractivity contribution in [2.45, 2.75) is 30.8 Å². The van der Waals surface area contributed by atoms with Gasteiger partial charge in [-0.1, -0.05) is 47.5 Å². The number of nitrogens with one attached hydrogen (secondary N) is 1. The molecule has 0 aromatic heterocycles. The Labute approximate surface area is 292 Å². The number of piperazine rings is 1. The zero-order valence-electron chi connectivity index (χ0n) is 27.2. The lowest BCUT2D eigenvalue weighted by Gasteiger charge is -2.39. The minimum atomic E-state index is -3.89. The van der Waals surface area contributed by atoms with Crippen LogP contribution in [0.5, 0.6) is 5.75 Å². The molecule has 11 nitrogen and oxygen atoms in total. The lowest BCUT2D eigenvalue weighted by molar-refractivity contribution is 0.122. The number of hydrogen-bond acceptors (Lipinski definition) is 8. The summed E-state index contributed by atoms with van der Waals surface area (Å²) >= 11 is 12.6. The van der Waals surface area contributed by atoms with E-state index in [0.717, 1.165) is 11.1 Å². The Morgan fingerprint density at radius 2 is 1.52 bits per heavy atom. The van der Waals surface area contributed by atoms with Gasteiger partial charge in [0, 0.05) is 49.0 Å². The van der Waals surface area contributed by atoms with Crippen LogP contribution in [-0.2, 0) is 19.9 Å². The van der Waals surface area contributed by atoms with Crippen LogP contribution in [0.1, 0.15) is 41.3 Å². The summed E-state index contributed by atoms with van der Waals surface area (Å²) in [7, 11) is -5.67. The molecule has 0 spiro atoms. The van der Waals surface area contributed by atoms with Gasteiger partial charge in [-0.2, -0.15) is 0 Å². The maximum absolute atomic E-state index is 14.8. The molecule has 2 atom stereocenters. The number of aliphatic imine (C=N–C) groups is 1. The second-order valence-corrected chi connectivity index (χ2v) is 16.8. The van der Waals surface area contributed by atoms with E-state index in [0.29, 0.717) is 66.3 Å².